The second kappa shape index (κ2) is 5.72. The Hall–Kier alpha value is -0.730. The van der Waals surface area contributed by atoms with Gasteiger partial charge in [0.15, 0.2) is 0 Å². The Morgan fingerprint density at radius 3 is 2.53 bits per heavy atom. The molecule has 0 amide bonds. The molecule has 0 radical (unpaired) electrons. The van der Waals surface area contributed by atoms with Crippen molar-refractivity contribution < 1.29 is 13.2 Å². The van der Waals surface area contributed by atoms with Gasteiger partial charge in [-0.1, -0.05) is 29.9 Å². The van der Waals surface area contributed by atoms with Gasteiger partial charge < -0.3 is 10.5 Å². The summed E-state index contributed by atoms with van der Waals surface area (Å²) in [5, 5.41) is 0.122. The summed E-state index contributed by atoms with van der Waals surface area (Å²) in [5.74, 6) is 0. The molecule has 5 nitrogen and oxygen atoms in total. The van der Waals surface area contributed by atoms with Crippen molar-refractivity contribution in [3.63, 3.8) is 0 Å². The lowest BCUT2D eigenvalue weighted by molar-refractivity contribution is 0.0730. The minimum absolute atomic E-state index is 0.0658. The van der Waals surface area contributed by atoms with E-state index in [1.165, 1.54) is 16.4 Å². The van der Waals surface area contributed by atoms with Gasteiger partial charge in [0.25, 0.3) is 0 Å². The van der Waals surface area contributed by atoms with Gasteiger partial charge in [-0.3, -0.25) is 0 Å². The van der Waals surface area contributed by atoms with Crippen molar-refractivity contribution in [3.05, 3.63) is 28.8 Å². The van der Waals surface area contributed by atoms with Gasteiger partial charge in [-0.15, -0.1) is 0 Å². The van der Waals surface area contributed by atoms with Crippen LogP contribution in [0.3, 0.4) is 0 Å². The molecule has 1 saturated heterocycles. The fourth-order valence-electron chi connectivity index (χ4n) is 1.79. The Bertz CT molecular complexity index is 598. The molecule has 1 aliphatic heterocycles. The van der Waals surface area contributed by atoms with Gasteiger partial charge in [-0.25, -0.2) is 8.42 Å². The highest BCUT2D eigenvalue weighted by Crippen LogP contribution is 2.26. The van der Waals surface area contributed by atoms with Crippen molar-refractivity contribution in [2.45, 2.75) is 4.90 Å². The quantitative estimate of drug-likeness (QED) is 0.841. The number of benzene rings is 1. The Balaban J connectivity index is 2.37. The van der Waals surface area contributed by atoms with E-state index in [1.807, 2.05) is 0 Å². The number of ether oxygens (including phenoxy) is 1. The molecule has 0 bridgehead atoms. The smallest absolute Gasteiger partial charge is 0.244 e. The van der Waals surface area contributed by atoms with Crippen LogP contribution in [0.2, 0.25) is 5.02 Å². The zero-order chi connectivity index (χ0) is 14.0. The van der Waals surface area contributed by atoms with E-state index in [0.717, 1.165) is 0 Å². The summed E-state index contributed by atoms with van der Waals surface area (Å²) in [7, 11) is -3.60. The van der Waals surface area contributed by atoms with E-state index in [1.54, 1.807) is 6.07 Å². The first-order chi connectivity index (χ1) is 8.93. The fraction of sp³-hybridized carbons (Fsp3) is 0.364. The van der Waals surface area contributed by atoms with Gasteiger partial charge in [-0.2, -0.15) is 4.31 Å². The van der Waals surface area contributed by atoms with Crippen LogP contribution in [-0.2, 0) is 14.8 Å². The lowest BCUT2D eigenvalue weighted by atomic mass is 10.2. The molecule has 2 N–H and O–H groups in total. The molecule has 0 saturated carbocycles. The molecule has 1 aliphatic rings. The Morgan fingerprint density at radius 1 is 1.37 bits per heavy atom. The average Bonchev–Trinajstić information content (AvgIpc) is 2.39. The molecule has 2 rings (SSSR count). The maximum absolute atomic E-state index is 12.4. The topological polar surface area (TPSA) is 72.6 Å². The molecular weight excluding hydrogens is 308 g/mol. The maximum Gasteiger partial charge on any atom is 0.244 e. The summed E-state index contributed by atoms with van der Waals surface area (Å²) in [6, 6.07) is 4.46. The first-order valence-electron chi connectivity index (χ1n) is 5.60. The van der Waals surface area contributed by atoms with Crippen molar-refractivity contribution in [1.82, 2.24) is 4.31 Å². The lowest BCUT2D eigenvalue weighted by Crippen LogP contribution is -2.40. The molecule has 1 aromatic rings. The number of thiocarbonyl (C=S) groups is 1. The number of hydrogen-bond donors (Lipinski definition) is 1. The molecule has 0 atom stereocenters. The van der Waals surface area contributed by atoms with Crippen molar-refractivity contribution in [2.75, 3.05) is 26.3 Å². The summed E-state index contributed by atoms with van der Waals surface area (Å²) in [6.07, 6.45) is 0. The van der Waals surface area contributed by atoms with E-state index in [4.69, 9.17) is 34.3 Å². The number of nitrogens with two attached hydrogens (primary N) is 1. The van der Waals surface area contributed by atoms with Crippen LogP contribution in [0, 0.1) is 0 Å². The Kier molecular flexibility index (Phi) is 4.42. The minimum Gasteiger partial charge on any atom is -0.389 e. The first-order valence-corrected chi connectivity index (χ1v) is 7.83. The van der Waals surface area contributed by atoms with Crippen LogP contribution in [0.25, 0.3) is 0 Å². The second-order valence-corrected chi connectivity index (χ2v) is 6.78. The van der Waals surface area contributed by atoms with Crippen molar-refractivity contribution in [2.24, 2.45) is 5.73 Å². The predicted octanol–water partition coefficient (Wildman–Crippen LogP) is 0.995. The Morgan fingerprint density at radius 2 is 2.00 bits per heavy atom. The van der Waals surface area contributed by atoms with Crippen LogP contribution in [0.1, 0.15) is 5.56 Å². The van der Waals surface area contributed by atoms with Crippen LogP contribution in [-0.4, -0.2) is 44.0 Å². The minimum atomic E-state index is -3.60. The highest BCUT2D eigenvalue weighted by atomic mass is 35.5. The number of nitrogens with zero attached hydrogens (tertiary/aromatic N) is 1. The average molecular weight is 321 g/mol. The number of sulfonamides is 1. The number of hydrogen-bond acceptors (Lipinski definition) is 4. The van der Waals surface area contributed by atoms with Gasteiger partial charge in [0.05, 0.1) is 18.2 Å². The van der Waals surface area contributed by atoms with Gasteiger partial charge in [0.1, 0.15) is 9.88 Å². The predicted molar refractivity (Wildman–Crippen MR) is 76.9 cm³/mol. The van der Waals surface area contributed by atoms with E-state index in [2.05, 4.69) is 0 Å². The van der Waals surface area contributed by atoms with Crippen molar-refractivity contribution >= 4 is 38.8 Å². The van der Waals surface area contributed by atoms with Gasteiger partial charge >= 0.3 is 0 Å². The molecule has 0 aliphatic carbocycles. The lowest BCUT2D eigenvalue weighted by Gasteiger charge is -2.26. The third kappa shape index (κ3) is 3.06. The van der Waals surface area contributed by atoms with Crippen molar-refractivity contribution in [1.29, 1.82) is 0 Å². The largest absolute Gasteiger partial charge is 0.389 e. The summed E-state index contributed by atoms with van der Waals surface area (Å²) in [4.78, 5) is 0.244. The zero-order valence-corrected chi connectivity index (χ0v) is 12.4. The van der Waals surface area contributed by atoms with Crippen molar-refractivity contribution in [3.8, 4) is 0 Å². The highest BCUT2D eigenvalue weighted by molar-refractivity contribution is 7.89. The van der Waals surface area contributed by atoms with Gasteiger partial charge in [0.2, 0.25) is 10.0 Å². The molecule has 19 heavy (non-hydrogen) atoms. The monoisotopic (exact) mass is 320 g/mol. The number of halogens is 1. The summed E-state index contributed by atoms with van der Waals surface area (Å²) in [5.41, 5.74) is 6.02. The molecular formula is C11H13ClN2O3S2. The molecule has 8 heteroatoms. The maximum atomic E-state index is 12.4. The van der Waals surface area contributed by atoms with E-state index in [-0.39, 0.29) is 14.9 Å². The normalized spacial score (nSPS) is 17.3. The van der Waals surface area contributed by atoms with E-state index in [0.29, 0.717) is 31.9 Å². The summed E-state index contributed by atoms with van der Waals surface area (Å²) in [6.45, 7) is 1.44. The number of morpholine rings is 1. The molecule has 104 valence electrons. The van der Waals surface area contributed by atoms with Crippen LogP contribution in [0.5, 0.6) is 0 Å². The summed E-state index contributed by atoms with van der Waals surface area (Å²) < 4.78 is 31.3. The molecule has 1 fully saturated rings. The second-order valence-electron chi connectivity index (χ2n) is 4.03. The van der Waals surface area contributed by atoms with Crippen LogP contribution < -0.4 is 5.73 Å². The molecule has 1 aromatic carbocycles. The molecule has 0 unspecified atom stereocenters. The standard InChI is InChI=1S/C11H13ClN2O3S2/c12-9-7-8(11(13)18)1-2-10(9)19(15,16)14-3-5-17-6-4-14/h1-2,7H,3-6H2,(H2,13,18). The van der Waals surface area contributed by atoms with E-state index >= 15 is 0 Å². The molecule has 0 spiro atoms. The zero-order valence-electron chi connectivity index (χ0n) is 10.0. The fourth-order valence-corrected chi connectivity index (χ4v) is 3.84. The van der Waals surface area contributed by atoms with Gasteiger partial charge in [-0.05, 0) is 12.1 Å². The van der Waals surface area contributed by atoms with E-state index in [9.17, 15) is 8.42 Å². The third-order valence-electron chi connectivity index (χ3n) is 2.80. The number of rotatable bonds is 3. The highest BCUT2D eigenvalue weighted by Gasteiger charge is 2.28. The third-order valence-corrected chi connectivity index (χ3v) is 5.42. The van der Waals surface area contributed by atoms with Crippen LogP contribution in [0.4, 0.5) is 0 Å². The molecule has 0 aromatic heterocycles. The first kappa shape index (κ1) is 14.7. The molecule has 1 heterocycles. The van der Waals surface area contributed by atoms with Crippen LogP contribution >= 0.6 is 23.8 Å². The SMILES string of the molecule is NC(=S)c1ccc(S(=O)(=O)N2CCOCC2)c(Cl)c1. The Labute approximate surface area is 122 Å². The van der Waals surface area contributed by atoms with Gasteiger partial charge in [0, 0.05) is 18.7 Å². The van der Waals surface area contributed by atoms with Crippen LogP contribution in [0.15, 0.2) is 23.1 Å². The van der Waals surface area contributed by atoms with E-state index < -0.39 is 10.0 Å². The summed E-state index contributed by atoms with van der Waals surface area (Å²) >= 11 is 10.9.